The Morgan fingerprint density at radius 2 is 1.29 bits per heavy atom. The Labute approximate surface area is 188 Å². The number of nitrogens with two attached hydrogens (primary N) is 1. The number of carbonyl (C=O) groups excluding carboxylic acids is 3. The Morgan fingerprint density at radius 1 is 0.806 bits per heavy atom. The molecule has 0 aromatic rings. The lowest BCUT2D eigenvalue weighted by Gasteiger charge is -2.24. The standard InChI is InChI=1S/C17H30N4O8S2/c1-30-5-3-9(18)14(25)21-12(8-22)16(27)19-10(4-6-31-2)15(26)20-11(17(28)29)7-13(23)24/h9-12,22H,3-8,18H2,1-2H3,(H,19,27)(H,20,26)(H,21,25)(H,23,24)(H,28,29). The predicted molar refractivity (Wildman–Crippen MR) is 117 cm³/mol. The zero-order valence-corrected chi connectivity index (χ0v) is 19.0. The summed E-state index contributed by atoms with van der Waals surface area (Å²) in [5.74, 6) is -4.30. The first-order valence-electron chi connectivity index (χ1n) is 9.27. The van der Waals surface area contributed by atoms with Gasteiger partial charge >= 0.3 is 11.9 Å². The summed E-state index contributed by atoms with van der Waals surface area (Å²) in [5.41, 5.74) is 5.74. The number of hydrogen-bond acceptors (Lipinski definition) is 9. The molecule has 0 heterocycles. The van der Waals surface area contributed by atoms with Gasteiger partial charge in [0.05, 0.1) is 19.1 Å². The van der Waals surface area contributed by atoms with Gasteiger partial charge in [0.2, 0.25) is 17.7 Å². The number of rotatable bonds is 16. The molecule has 0 aromatic carbocycles. The first-order valence-corrected chi connectivity index (χ1v) is 12.1. The zero-order valence-electron chi connectivity index (χ0n) is 17.3. The molecule has 0 radical (unpaired) electrons. The van der Waals surface area contributed by atoms with Crippen molar-refractivity contribution in [2.24, 2.45) is 5.73 Å². The largest absolute Gasteiger partial charge is 0.481 e. The van der Waals surface area contributed by atoms with Crippen LogP contribution in [0.2, 0.25) is 0 Å². The number of carbonyl (C=O) groups is 5. The SMILES string of the molecule is CSCCC(N)C(=O)NC(CO)C(=O)NC(CCSC)C(=O)NC(CC(=O)O)C(=O)O. The Hall–Kier alpha value is -2.03. The highest BCUT2D eigenvalue weighted by atomic mass is 32.2. The molecule has 0 aliphatic carbocycles. The lowest BCUT2D eigenvalue weighted by atomic mass is 10.1. The van der Waals surface area contributed by atoms with Crippen molar-refractivity contribution in [3.05, 3.63) is 0 Å². The molecule has 178 valence electrons. The molecule has 12 nitrogen and oxygen atoms in total. The molecule has 0 saturated heterocycles. The summed E-state index contributed by atoms with van der Waals surface area (Å²) in [4.78, 5) is 59.0. The van der Waals surface area contributed by atoms with Crippen molar-refractivity contribution in [3.63, 3.8) is 0 Å². The molecule has 3 amide bonds. The number of aliphatic carboxylic acids is 2. The van der Waals surface area contributed by atoms with E-state index in [0.29, 0.717) is 17.9 Å². The van der Waals surface area contributed by atoms with E-state index in [2.05, 4.69) is 16.0 Å². The number of nitrogens with one attached hydrogen (secondary N) is 3. The minimum absolute atomic E-state index is 0.109. The van der Waals surface area contributed by atoms with Crippen LogP contribution in [0.5, 0.6) is 0 Å². The number of aliphatic hydroxyl groups excluding tert-OH is 1. The van der Waals surface area contributed by atoms with Crippen molar-refractivity contribution in [1.29, 1.82) is 0 Å². The van der Waals surface area contributed by atoms with Crippen LogP contribution < -0.4 is 21.7 Å². The van der Waals surface area contributed by atoms with Crippen LogP contribution >= 0.6 is 23.5 Å². The van der Waals surface area contributed by atoms with E-state index in [9.17, 15) is 29.1 Å². The topological polar surface area (TPSA) is 208 Å². The van der Waals surface area contributed by atoms with Gasteiger partial charge in [-0.05, 0) is 36.9 Å². The fourth-order valence-corrected chi connectivity index (χ4v) is 3.23. The highest BCUT2D eigenvalue weighted by Gasteiger charge is 2.30. The molecule has 0 spiro atoms. The van der Waals surface area contributed by atoms with Crippen molar-refractivity contribution in [2.45, 2.75) is 43.4 Å². The Kier molecular flexibility index (Phi) is 14.7. The molecule has 4 unspecified atom stereocenters. The first kappa shape index (κ1) is 29.0. The number of amides is 3. The third kappa shape index (κ3) is 11.8. The van der Waals surface area contributed by atoms with Gasteiger partial charge in [-0.25, -0.2) is 4.79 Å². The van der Waals surface area contributed by atoms with Crippen molar-refractivity contribution < 1.29 is 39.3 Å². The summed E-state index contributed by atoms with van der Waals surface area (Å²) in [6, 6.07) is -5.13. The summed E-state index contributed by atoms with van der Waals surface area (Å²) in [6.07, 6.45) is 3.24. The normalized spacial score (nSPS) is 14.6. The maximum Gasteiger partial charge on any atom is 0.326 e. The van der Waals surface area contributed by atoms with Crippen LogP contribution in [-0.2, 0) is 24.0 Å². The molecule has 31 heavy (non-hydrogen) atoms. The van der Waals surface area contributed by atoms with E-state index in [4.69, 9.17) is 15.9 Å². The van der Waals surface area contributed by atoms with E-state index in [1.807, 2.05) is 6.26 Å². The molecule has 0 rings (SSSR count). The fourth-order valence-electron chi connectivity index (χ4n) is 2.27. The smallest absolute Gasteiger partial charge is 0.326 e. The van der Waals surface area contributed by atoms with E-state index in [1.165, 1.54) is 23.5 Å². The Balaban J connectivity index is 5.18. The Morgan fingerprint density at radius 3 is 1.77 bits per heavy atom. The lowest BCUT2D eigenvalue weighted by molar-refractivity contribution is -0.147. The van der Waals surface area contributed by atoms with Gasteiger partial charge in [0.1, 0.15) is 18.1 Å². The number of aliphatic hydroxyl groups is 1. The van der Waals surface area contributed by atoms with Crippen molar-refractivity contribution in [1.82, 2.24) is 16.0 Å². The minimum Gasteiger partial charge on any atom is -0.481 e. The monoisotopic (exact) mass is 482 g/mol. The van der Waals surface area contributed by atoms with Gasteiger partial charge < -0.3 is 37.0 Å². The van der Waals surface area contributed by atoms with Crippen LogP contribution in [0, 0.1) is 0 Å². The van der Waals surface area contributed by atoms with Gasteiger partial charge in [-0.3, -0.25) is 19.2 Å². The lowest BCUT2D eigenvalue weighted by Crippen LogP contribution is -2.58. The summed E-state index contributed by atoms with van der Waals surface area (Å²) >= 11 is 2.86. The van der Waals surface area contributed by atoms with E-state index >= 15 is 0 Å². The second-order valence-electron chi connectivity index (χ2n) is 6.47. The van der Waals surface area contributed by atoms with Crippen molar-refractivity contribution in [3.8, 4) is 0 Å². The molecule has 0 bridgehead atoms. The van der Waals surface area contributed by atoms with Gasteiger partial charge in [0, 0.05) is 0 Å². The first-order chi connectivity index (χ1) is 14.6. The van der Waals surface area contributed by atoms with E-state index < -0.39 is 66.9 Å². The second kappa shape index (κ2) is 15.7. The average molecular weight is 483 g/mol. The molecule has 0 fully saturated rings. The third-order valence-corrected chi connectivity index (χ3v) is 5.31. The molecular formula is C17H30N4O8S2. The van der Waals surface area contributed by atoms with Gasteiger partial charge in [-0.1, -0.05) is 0 Å². The molecule has 0 aliphatic heterocycles. The molecule has 8 N–H and O–H groups in total. The van der Waals surface area contributed by atoms with Crippen LogP contribution in [0.1, 0.15) is 19.3 Å². The fraction of sp³-hybridized carbons (Fsp3) is 0.706. The van der Waals surface area contributed by atoms with Gasteiger partial charge in [0.25, 0.3) is 0 Å². The van der Waals surface area contributed by atoms with E-state index in [-0.39, 0.29) is 6.42 Å². The molecule has 0 saturated carbocycles. The van der Waals surface area contributed by atoms with Crippen LogP contribution in [0.4, 0.5) is 0 Å². The average Bonchev–Trinajstić information content (AvgIpc) is 2.71. The maximum absolute atomic E-state index is 12.5. The van der Waals surface area contributed by atoms with Crippen LogP contribution in [0.25, 0.3) is 0 Å². The molecule has 0 aromatic heterocycles. The number of carboxylic acid groups (broad SMARTS) is 2. The highest BCUT2D eigenvalue weighted by molar-refractivity contribution is 7.98. The van der Waals surface area contributed by atoms with Crippen LogP contribution in [0.15, 0.2) is 0 Å². The van der Waals surface area contributed by atoms with Crippen molar-refractivity contribution in [2.75, 3.05) is 30.6 Å². The molecular weight excluding hydrogens is 452 g/mol. The summed E-state index contributed by atoms with van der Waals surface area (Å²) in [5, 5.41) is 34.1. The molecule has 0 aliphatic rings. The minimum atomic E-state index is -1.68. The van der Waals surface area contributed by atoms with Crippen molar-refractivity contribution >= 4 is 53.2 Å². The highest BCUT2D eigenvalue weighted by Crippen LogP contribution is 2.04. The summed E-state index contributed by atoms with van der Waals surface area (Å²) < 4.78 is 0. The molecule has 4 atom stereocenters. The molecule has 14 heteroatoms. The Bertz CT molecular complexity index is 637. The van der Waals surface area contributed by atoms with Gasteiger partial charge in [-0.15, -0.1) is 0 Å². The number of carboxylic acids is 2. The van der Waals surface area contributed by atoms with E-state index in [1.54, 1.807) is 6.26 Å². The maximum atomic E-state index is 12.5. The summed E-state index contributed by atoms with van der Waals surface area (Å²) in [6.45, 7) is -0.750. The van der Waals surface area contributed by atoms with E-state index in [0.717, 1.165) is 0 Å². The number of thioether (sulfide) groups is 2. The van der Waals surface area contributed by atoms with Crippen LogP contribution in [0.3, 0.4) is 0 Å². The van der Waals surface area contributed by atoms with Crippen LogP contribution in [-0.4, -0.2) is 99.8 Å². The third-order valence-electron chi connectivity index (χ3n) is 4.02. The quantitative estimate of drug-likeness (QED) is 0.126. The summed E-state index contributed by atoms with van der Waals surface area (Å²) in [7, 11) is 0. The zero-order chi connectivity index (χ0) is 24.0. The van der Waals surface area contributed by atoms with Gasteiger partial charge in [0.15, 0.2) is 0 Å². The predicted octanol–water partition coefficient (Wildman–Crippen LogP) is -2.17. The second-order valence-corrected chi connectivity index (χ2v) is 8.44. The van der Waals surface area contributed by atoms with Gasteiger partial charge in [-0.2, -0.15) is 23.5 Å². The number of hydrogen-bond donors (Lipinski definition) is 7.